The summed E-state index contributed by atoms with van der Waals surface area (Å²) in [5.41, 5.74) is 15.4. The van der Waals surface area contributed by atoms with Crippen LogP contribution in [0.4, 0.5) is 0 Å². The summed E-state index contributed by atoms with van der Waals surface area (Å²) in [5, 5.41) is 0. The topological polar surface area (TPSA) is 52.0 Å². The zero-order valence-electron chi connectivity index (χ0n) is 9.84. The van der Waals surface area contributed by atoms with Crippen LogP contribution in [0.2, 0.25) is 0 Å². The second kappa shape index (κ2) is 5.62. The minimum Gasteiger partial charge on any atom is -0.330 e. The number of rotatable bonds is 4. The standard InChI is InChI=1S/C15H18N2/c16-10-13-8-4-5-9-14(13)15(11-17)12-6-2-1-3-7-12/h1-9,15H,10-11,16-17H2. The molecule has 2 nitrogen and oxygen atoms in total. The summed E-state index contributed by atoms with van der Waals surface area (Å²) in [5.74, 6) is 0.232. The van der Waals surface area contributed by atoms with Crippen LogP contribution in [0, 0.1) is 0 Å². The molecule has 0 heterocycles. The quantitative estimate of drug-likeness (QED) is 0.840. The van der Waals surface area contributed by atoms with Gasteiger partial charge in [-0.2, -0.15) is 0 Å². The van der Waals surface area contributed by atoms with Gasteiger partial charge < -0.3 is 11.5 Å². The molecule has 0 amide bonds. The smallest absolute Gasteiger partial charge is 0.0215 e. The molecule has 4 N–H and O–H groups in total. The Morgan fingerprint density at radius 1 is 0.824 bits per heavy atom. The molecule has 0 aliphatic heterocycles. The van der Waals surface area contributed by atoms with E-state index in [2.05, 4.69) is 24.3 Å². The molecule has 2 aromatic carbocycles. The third-order valence-electron chi connectivity index (χ3n) is 3.09. The molecule has 0 fully saturated rings. The lowest BCUT2D eigenvalue weighted by molar-refractivity contribution is 0.802. The van der Waals surface area contributed by atoms with Gasteiger partial charge in [-0.25, -0.2) is 0 Å². The Morgan fingerprint density at radius 3 is 2.12 bits per heavy atom. The fraction of sp³-hybridized carbons (Fsp3) is 0.200. The third-order valence-corrected chi connectivity index (χ3v) is 3.09. The second-order valence-electron chi connectivity index (χ2n) is 4.10. The van der Waals surface area contributed by atoms with E-state index in [9.17, 15) is 0 Å². The summed E-state index contributed by atoms with van der Waals surface area (Å²) in [6.07, 6.45) is 0. The van der Waals surface area contributed by atoms with E-state index in [0.717, 1.165) is 0 Å². The molecule has 0 saturated heterocycles. The van der Waals surface area contributed by atoms with E-state index < -0.39 is 0 Å². The number of benzene rings is 2. The fourth-order valence-corrected chi connectivity index (χ4v) is 2.19. The monoisotopic (exact) mass is 226 g/mol. The minimum atomic E-state index is 0.232. The molecular weight excluding hydrogens is 208 g/mol. The van der Waals surface area contributed by atoms with Crippen molar-refractivity contribution in [1.82, 2.24) is 0 Å². The first-order valence-electron chi connectivity index (χ1n) is 5.89. The van der Waals surface area contributed by atoms with Gasteiger partial charge in [0.05, 0.1) is 0 Å². The van der Waals surface area contributed by atoms with Crippen LogP contribution >= 0.6 is 0 Å². The van der Waals surface area contributed by atoms with Crippen molar-refractivity contribution >= 4 is 0 Å². The van der Waals surface area contributed by atoms with Gasteiger partial charge in [0, 0.05) is 19.0 Å². The van der Waals surface area contributed by atoms with Gasteiger partial charge in [0.2, 0.25) is 0 Å². The van der Waals surface area contributed by atoms with Crippen LogP contribution < -0.4 is 11.5 Å². The first-order valence-corrected chi connectivity index (χ1v) is 5.89. The van der Waals surface area contributed by atoms with Gasteiger partial charge >= 0.3 is 0 Å². The lowest BCUT2D eigenvalue weighted by Crippen LogP contribution is -2.16. The maximum atomic E-state index is 5.92. The predicted octanol–water partition coefficient (Wildman–Crippen LogP) is 2.24. The van der Waals surface area contributed by atoms with Crippen LogP contribution in [-0.2, 0) is 6.54 Å². The number of hydrogen-bond acceptors (Lipinski definition) is 2. The van der Waals surface area contributed by atoms with E-state index in [0.29, 0.717) is 13.1 Å². The largest absolute Gasteiger partial charge is 0.330 e. The van der Waals surface area contributed by atoms with Gasteiger partial charge in [0.1, 0.15) is 0 Å². The van der Waals surface area contributed by atoms with Crippen molar-refractivity contribution in [2.45, 2.75) is 12.5 Å². The average molecular weight is 226 g/mol. The second-order valence-corrected chi connectivity index (χ2v) is 4.10. The van der Waals surface area contributed by atoms with Crippen LogP contribution in [0.3, 0.4) is 0 Å². The van der Waals surface area contributed by atoms with E-state index in [1.807, 2.05) is 30.3 Å². The molecule has 0 aromatic heterocycles. The lowest BCUT2D eigenvalue weighted by Gasteiger charge is -2.18. The van der Waals surface area contributed by atoms with Crippen molar-refractivity contribution in [3.63, 3.8) is 0 Å². The zero-order chi connectivity index (χ0) is 12.1. The van der Waals surface area contributed by atoms with Crippen LogP contribution in [0.1, 0.15) is 22.6 Å². The first kappa shape index (κ1) is 11.8. The van der Waals surface area contributed by atoms with Crippen molar-refractivity contribution in [1.29, 1.82) is 0 Å². The molecule has 1 atom stereocenters. The van der Waals surface area contributed by atoms with E-state index in [1.165, 1.54) is 16.7 Å². The van der Waals surface area contributed by atoms with Gasteiger partial charge in [0.25, 0.3) is 0 Å². The molecule has 0 aliphatic carbocycles. The number of hydrogen-bond donors (Lipinski definition) is 2. The highest BCUT2D eigenvalue weighted by molar-refractivity contribution is 5.38. The van der Waals surface area contributed by atoms with Gasteiger partial charge in [-0.15, -0.1) is 0 Å². The first-order chi connectivity index (χ1) is 8.36. The Morgan fingerprint density at radius 2 is 1.47 bits per heavy atom. The molecule has 2 rings (SSSR count). The van der Waals surface area contributed by atoms with Crippen LogP contribution in [0.15, 0.2) is 54.6 Å². The maximum Gasteiger partial charge on any atom is 0.0215 e. The lowest BCUT2D eigenvalue weighted by atomic mass is 9.88. The highest BCUT2D eigenvalue weighted by Gasteiger charge is 2.14. The Labute approximate surface area is 102 Å². The molecule has 0 saturated carbocycles. The Kier molecular flexibility index (Phi) is 3.91. The summed E-state index contributed by atoms with van der Waals surface area (Å²) in [6.45, 7) is 1.15. The van der Waals surface area contributed by atoms with E-state index in [4.69, 9.17) is 11.5 Å². The third kappa shape index (κ3) is 2.54. The molecule has 17 heavy (non-hydrogen) atoms. The predicted molar refractivity (Wildman–Crippen MR) is 71.7 cm³/mol. The van der Waals surface area contributed by atoms with Crippen molar-refractivity contribution in [2.75, 3.05) is 6.54 Å². The summed E-state index contributed by atoms with van der Waals surface area (Å²) in [7, 11) is 0. The van der Waals surface area contributed by atoms with Gasteiger partial charge in [-0.1, -0.05) is 54.6 Å². The molecule has 88 valence electrons. The molecule has 0 spiro atoms. The summed E-state index contributed by atoms with van der Waals surface area (Å²) >= 11 is 0. The number of nitrogens with two attached hydrogens (primary N) is 2. The average Bonchev–Trinajstić information content (AvgIpc) is 2.41. The van der Waals surface area contributed by atoms with Crippen LogP contribution in [0.25, 0.3) is 0 Å². The molecule has 0 radical (unpaired) electrons. The van der Waals surface area contributed by atoms with Crippen molar-refractivity contribution in [3.8, 4) is 0 Å². The van der Waals surface area contributed by atoms with Crippen LogP contribution in [0.5, 0.6) is 0 Å². The van der Waals surface area contributed by atoms with E-state index in [1.54, 1.807) is 0 Å². The zero-order valence-corrected chi connectivity index (χ0v) is 9.84. The van der Waals surface area contributed by atoms with Crippen molar-refractivity contribution in [3.05, 3.63) is 71.3 Å². The summed E-state index contributed by atoms with van der Waals surface area (Å²) < 4.78 is 0. The fourth-order valence-electron chi connectivity index (χ4n) is 2.19. The summed E-state index contributed by atoms with van der Waals surface area (Å²) in [4.78, 5) is 0. The van der Waals surface area contributed by atoms with Gasteiger partial charge in [-0.05, 0) is 16.7 Å². The highest BCUT2D eigenvalue weighted by Crippen LogP contribution is 2.26. The molecule has 2 aromatic rings. The SMILES string of the molecule is NCc1ccccc1C(CN)c1ccccc1. The molecule has 0 aliphatic rings. The molecule has 0 bridgehead atoms. The van der Waals surface area contributed by atoms with Crippen LogP contribution in [-0.4, -0.2) is 6.54 Å². The maximum absolute atomic E-state index is 5.92. The molecule has 2 heteroatoms. The molecule has 1 unspecified atom stereocenters. The summed E-state index contributed by atoms with van der Waals surface area (Å²) in [6, 6.07) is 18.6. The Bertz CT molecular complexity index is 465. The highest BCUT2D eigenvalue weighted by atomic mass is 14.6. The molecular formula is C15H18N2. The van der Waals surface area contributed by atoms with E-state index >= 15 is 0 Å². The minimum absolute atomic E-state index is 0.232. The Hall–Kier alpha value is -1.64. The van der Waals surface area contributed by atoms with Gasteiger partial charge in [0.15, 0.2) is 0 Å². The van der Waals surface area contributed by atoms with Crippen molar-refractivity contribution in [2.24, 2.45) is 11.5 Å². The van der Waals surface area contributed by atoms with E-state index in [-0.39, 0.29) is 5.92 Å². The normalized spacial score (nSPS) is 12.4. The van der Waals surface area contributed by atoms with Crippen molar-refractivity contribution < 1.29 is 0 Å². The van der Waals surface area contributed by atoms with Gasteiger partial charge in [-0.3, -0.25) is 0 Å². The Balaban J connectivity index is 2.42.